The van der Waals surface area contributed by atoms with Crippen LogP contribution in [0.2, 0.25) is 0 Å². The molecule has 1 amide bonds. The maximum atomic E-state index is 13.4. The largest absolute Gasteiger partial charge is 0.364 e. The second-order valence-electron chi connectivity index (χ2n) is 6.87. The van der Waals surface area contributed by atoms with Crippen LogP contribution in [0.15, 0.2) is 59.3 Å². The predicted octanol–water partition coefficient (Wildman–Crippen LogP) is 4.85. The van der Waals surface area contributed by atoms with Crippen LogP contribution in [0.25, 0.3) is 11.3 Å². The Kier molecular flexibility index (Phi) is 6.01. The molecule has 4 nitrogen and oxygen atoms in total. The normalized spacial score (nSPS) is 11.0. The fourth-order valence-corrected chi connectivity index (χ4v) is 2.87. The van der Waals surface area contributed by atoms with Crippen LogP contribution in [0.1, 0.15) is 42.9 Å². The Bertz CT molecular complexity index is 901. The van der Waals surface area contributed by atoms with Gasteiger partial charge in [0, 0.05) is 24.1 Å². The quantitative estimate of drug-likeness (QED) is 0.650. The zero-order chi connectivity index (χ0) is 19.2. The number of hydrogen-bond donors (Lipinski definition) is 1. The van der Waals surface area contributed by atoms with Gasteiger partial charge in [-0.25, -0.2) is 4.39 Å². The minimum absolute atomic E-state index is 0.0469. The molecule has 0 unspecified atom stereocenters. The molecule has 3 rings (SSSR count). The lowest BCUT2D eigenvalue weighted by Crippen LogP contribution is -2.23. The first-order valence-corrected chi connectivity index (χ1v) is 9.07. The van der Waals surface area contributed by atoms with E-state index in [1.807, 2.05) is 12.1 Å². The van der Waals surface area contributed by atoms with E-state index < -0.39 is 0 Å². The van der Waals surface area contributed by atoms with E-state index >= 15 is 0 Å². The summed E-state index contributed by atoms with van der Waals surface area (Å²) in [5, 5.41) is 6.88. The Hall–Kier alpha value is -2.95. The Labute approximate surface area is 158 Å². The van der Waals surface area contributed by atoms with Gasteiger partial charge in [-0.1, -0.05) is 55.4 Å². The summed E-state index contributed by atoms with van der Waals surface area (Å²) in [7, 11) is 0. The van der Waals surface area contributed by atoms with Crippen LogP contribution in [0.3, 0.4) is 0 Å². The van der Waals surface area contributed by atoms with E-state index in [0.29, 0.717) is 36.6 Å². The SMILES string of the molecule is CC(C)c1ccc(CNC(=O)CCc2conc2-c2cccc(F)c2)cc1. The fraction of sp³-hybridized carbons (Fsp3) is 0.273. The van der Waals surface area contributed by atoms with E-state index in [-0.39, 0.29) is 11.7 Å². The standard InChI is InChI=1S/C22H23FN2O2/c1-15(2)17-8-6-16(7-9-17)13-24-21(26)11-10-19-14-27-25-22(19)18-4-3-5-20(23)12-18/h3-9,12,14-15H,10-11,13H2,1-2H3,(H,24,26). The molecule has 0 fully saturated rings. The molecule has 3 aromatic rings. The molecule has 140 valence electrons. The monoisotopic (exact) mass is 366 g/mol. The van der Waals surface area contributed by atoms with Gasteiger partial charge < -0.3 is 9.84 Å². The van der Waals surface area contributed by atoms with Crippen molar-refractivity contribution < 1.29 is 13.7 Å². The molecule has 0 saturated carbocycles. The molecule has 2 aromatic carbocycles. The fourth-order valence-electron chi connectivity index (χ4n) is 2.87. The number of amides is 1. The van der Waals surface area contributed by atoms with E-state index in [1.54, 1.807) is 12.1 Å². The minimum atomic E-state index is -0.331. The second kappa shape index (κ2) is 8.62. The summed E-state index contributed by atoms with van der Waals surface area (Å²) < 4.78 is 18.4. The van der Waals surface area contributed by atoms with Gasteiger partial charge in [0.05, 0.1) is 0 Å². The molecule has 1 heterocycles. The highest BCUT2D eigenvalue weighted by Crippen LogP contribution is 2.23. The molecule has 0 spiro atoms. The average molecular weight is 366 g/mol. The van der Waals surface area contributed by atoms with Crippen molar-refractivity contribution in [3.05, 3.63) is 77.3 Å². The molecule has 27 heavy (non-hydrogen) atoms. The van der Waals surface area contributed by atoms with E-state index in [1.165, 1.54) is 24.0 Å². The molecule has 1 N–H and O–H groups in total. The molecule has 0 atom stereocenters. The van der Waals surface area contributed by atoms with Gasteiger partial charge in [0.1, 0.15) is 17.8 Å². The Balaban J connectivity index is 1.53. The van der Waals surface area contributed by atoms with Crippen LogP contribution in [0.4, 0.5) is 4.39 Å². The number of carbonyl (C=O) groups excluding carboxylic acids is 1. The minimum Gasteiger partial charge on any atom is -0.364 e. The summed E-state index contributed by atoms with van der Waals surface area (Å²) in [4.78, 5) is 12.2. The first-order valence-electron chi connectivity index (χ1n) is 9.07. The Morgan fingerprint density at radius 1 is 1.19 bits per heavy atom. The van der Waals surface area contributed by atoms with Crippen LogP contribution in [-0.2, 0) is 17.8 Å². The van der Waals surface area contributed by atoms with E-state index in [9.17, 15) is 9.18 Å². The van der Waals surface area contributed by atoms with Crippen molar-refractivity contribution in [1.82, 2.24) is 10.5 Å². The molecule has 0 radical (unpaired) electrons. The first kappa shape index (κ1) is 18.8. The third-order valence-electron chi connectivity index (χ3n) is 4.50. The van der Waals surface area contributed by atoms with Gasteiger partial charge in [-0.15, -0.1) is 0 Å². The van der Waals surface area contributed by atoms with Crippen molar-refractivity contribution in [3.63, 3.8) is 0 Å². The van der Waals surface area contributed by atoms with Crippen molar-refractivity contribution in [2.75, 3.05) is 0 Å². The number of aromatic nitrogens is 1. The maximum Gasteiger partial charge on any atom is 0.220 e. The predicted molar refractivity (Wildman–Crippen MR) is 103 cm³/mol. The van der Waals surface area contributed by atoms with E-state index in [0.717, 1.165) is 11.1 Å². The molecule has 0 aliphatic carbocycles. The zero-order valence-electron chi connectivity index (χ0n) is 15.5. The van der Waals surface area contributed by atoms with Gasteiger partial charge >= 0.3 is 0 Å². The molecule has 0 aliphatic heterocycles. The number of nitrogens with zero attached hydrogens (tertiary/aromatic N) is 1. The van der Waals surface area contributed by atoms with Gasteiger partial charge in [-0.05, 0) is 35.6 Å². The van der Waals surface area contributed by atoms with E-state index in [2.05, 4.69) is 36.5 Å². The highest BCUT2D eigenvalue weighted by Gasteiger charge is 2.12. The van der Waals surface area contributed by atoms with Crippen LogP contribution in [0.5, 0.6) is 0 Å². The van der Waals surface area contributed by atoms with Crippen LogP contribution >= 0.6 is 0 Å². The lowest BCUT2D eigenvalue weighted by molar-refractivity contribution is -0.121. The summed E-state index contributed by atoms with van der Waals surface area (Å²) in [6, 6.07) is 14.4. The third kappa shape index (κ3) is 5.03. The Morgan fingerprint density at radius 2 is 1.96 bits per heavy atom. The number of halogens is 1. The molecule has 0 aliphatic rings. The summed E-state index contributed by atoms with van der Waals surface area (Å²) in [6.45, 7) is 4.80. The van der Waals surface area contributed by atoms with Crippen molar-refractivity contribution in [1.29, 1.82) is 0 Å². The summed E-state index contributed by atoms with van der Waals surface area (Å²) >= 11 is 0. The van der Waals surface area contributed by atoms with Crippen molar-refractivity contribution in [2.24, 2.45) is 0 Å². The zero-order valence-corrected chi connectivity index (χ0v) is 15.5. The average Bonchev–Trinajstić information content (AvgIpc) is 3.13. The first-order chi connectivity index (χ1) is 13.0. The molecular formula is C22H23FN2O2. The van der Waals surface area contributed by atoms with Crippen molar-refractivity contribution in [3.8, 4) is 11.3 Å². The summed E-state index contributed by atoms with van der Waals surface area (Å²) in [5.74, 6) is 0.113. The number of aryl methyl sites for hydroxylation is 1. The summed E-state index contributed by atoms with van der Waals surface area (Å²) in [5.41, 5.74) is 4.36. The second-order valence-corrected chi connectivity index (χ2v) is 6.87. The van der Waals surface area contributed by atoms with Crippen LogP contribution in [0, 0.1) is 5.82 Å². The number of carbonyl (C=O) groups is 1. The molecule has 0 bridgehead atoms. The maximum absolute atomic E-state index is 13.4. The van der Waals surface area contributed by atoms with Crippen LogP contribution < -0.4 is 5.32 Å². The number of benzene rings is 2. The highest BCUT2D eigenvalue weighted by molar-refractivity contribution is 5.76. The van der Waals surface area contributed by atoms with Crippen LogP contribution in [-0.4, -0.2) is 11.1 Å². The van der Waals surface area contributed by atoms with Gasteiger partial charge in [0.15, 0.2) is 0 Å². The topological polar surface area (TPSA) is 55.1 Å². The van der Waals surface area contributed by atoms with Crippen molar-refractivity contribution >= 4 is 5.91 Å². The van der Waals surface area contributed by atoms with Crippen molar-refractivity contribution in [2.45, 2.75) is 39.2 Å². The molecular weight excluding hydrogens is 343 g/mol. The number of nitrogens with one attached hydrogen (secondary N) is 1. The van der Waals surface area contributed by atoms with Gasteiger partial charge in [0.25, 0.3) is 0 Å². The third-order valence-corrected chi connectivity index (χ3v) is 4.50. The smallest absolute Gasteiger partial charge is 0.220 e. The lowest BCUT2D eigenvalue weighted by Gasteiger charge is -2.08. The molecule has 0 saturated heterocycles. The highest BCUT2D eigenvalue weighted by atomic mass is 19.1. The van der Waals surface area contributed by atoms with E-state index in [4.69, 9.17) is 4.52 Å². The lowest BCUT2D eigenvalue weighted by atomic mass is 10.0. The Morgan fingerprint density at radius 3 is 2.67 bits per heavy atom. The molecule has 5 heteroatoms. The van der Waals surface area contributed by atoms with Gasteiger partial charge in [-0.3, -0.25) is 4.79 Å². The number of rotatable bonds is 7. The molecule has 1 aromatic heterocycles. The van der Waals surface area contributed by atoms with Gasteiger partial charge in [-0.2, -0.15) is 0 Å². The van der Waals surface area contributed by atoms with Gasteiger partial charge in [0.2, 0.25) is 5.91 Å². The summed E-state index contributed by atoms with van der Waals surface area (Å²) in [6.07, 6.45) is 2.30. The number of hydrogen-bond acceptors (Lipinski definition) is 3.